The maximum absolute atomic E-state index is 11.1. The van der Waals surface area contributed by atoms with Gasteiger partial charge in [-0.2, -0.15) is 0 Å². The molecule has 1 fully saturated rings. The van der Waals surface area contributed by atoms with Gasteiger partial charge in [0.25, 0.3) is 0 Å². The number of aliphatic hydroxyl groups is 3. The molecule has 3 N–H and O–H groups in total. The smallest absolute Gasteiger partial charge is 0.305 e. The van der Waals surface area contributed by atoms with Gasteiger partial charge in [0.1, 0.15) is 5.60 Å². The number of rotatable bonds is 12. The second kappa shape index (κ2) is 12.8. The molecule has 0 radical (unpaired) electrons. The molecule has 5 nitrogen and oxygen atoms in total. The molecule has 0 heterocycles. The summed E-state index contributed by atoms with van der Waals surface area (Å²) in [5.41, 5.74) is -1.15. The van der Waals surface area contributed by atoms with E-state index < -0.39 is 17.8 Å². The van der Waals surface area contributed by atoms with E-state index in [4.69, 9.17) is 6.42 Å². The molecule has 5 atom stereocenters. The van der Waals surface area contributed by atoms with Gasteiger partial charge in [0, 0.05) is 25.2 Å². The van der Waals surface area contributed by atoms with Crippen LogP contribution in [-0.2, 0) is 9.53 Å². The van der Waals surface area contributed by atoms with E-state index in [2.05, 4.69) is 17.6 Å². The quantitative estimate of drug-likeness (QED) is 0.206. The van der Waals surface area contributed by atoms with Crippen LogP contribution in [0.15, 0.2) is 24.3 Å². The lowest BCUT2D eigenvalue weighted by Gasteiger charge is -2.22. The number of ether oxygens (including phenoxy) is 1. The van der Waals surface area contributed by atoms with Gasteiger partial charge in [-0.1, -0.05) is 43.6 Å². The summed E-state index contributed by atoms with van der Waals surface area (Å²) >= 11 is 0. The first-order valence-electron chi connectivity index (χ1n) is 10.3. The van der Waals surface area contributed by atoms with E-state index >= 15 is 0 Å². The topological polar surface area (TPSA) is 87.0 Å². The van der Waals surface area contributed by atoms with E-state index in [1.807, 2.05) is 24.3 Å². The summed E-state index contributed by atoms with van der Waals surface area (Å²) in [7, 11) is 1.38. The first kappa shape index (κ1) is 24.4. The molecule has 0 bridgehead atoms. The number of methoxy groups -OCH3 is 1. The number of esters is 1. The van der Waals surface area contributed by atoms with Gasteiger partial charge in [0.05, 0.1) is 19.3 Å². The van der Waals surface area contributed by atoms with E-state index in [0.717, 1.165) is 25.7 Å². The molecule has 0 aliphatic heterocycles. The highest BCUT2D eigenvalue weighted by atomic mass is 16.5. The van der Waals surface area contributed by atoms with Gasteiger partial charge < -0.3 is 20.1 Å². The van der Waals surface area contributed by atoms with E-state index in [9.17, 15) is 20.1 Å². The monoisotopic (exact) mass is 392 g/mol. The SMILES string of the molecule is C#CC(O)(C/C=C/[C@@H]1[C@@H](C/C=C\CCCC(=O)OC)[C@@H](O)C[C@H]1O)CCCC. The molecule has 1 unspecified atom stereocenters. The minimum Gasteiger partial charge on any atom is -0.469 e. The summed E-state index contributed by atoms with van der Waals surface area (Å²) in [6.45, 7) is 2.05. The Kier molecular flexibility index (Phi) is 11.1. The molecule has 1 saturated carbocycles. The van der Waals surface area contributed by atoms with Crippen LogP contribution in [0.1, 0.15) is 64.7 Å². The Balaban J connectivity index is 2.56. The molecular formula is C23H36O5. The standard InChI is InChI=1S/C23H36O5/c1-4-6-15-23(27,5-2)16-11-13-19-18(20(24)17-21(19)25)12-9-7-8-10-14-22(26)28-3/h2,7,9,11,13,18-21,24-25,27H,4,6,8,10,12,14-17H2,1,3H3/b9-7-,13-11+/t18-,19-,20+,21-,23?/m1/s1. The number of carbonyl (C=O) groups is 1. The number of hydrogen-bond donors (Lipinski definition) is 3. The van der Waals surface area contributed by atoms with Crippen molar-refractivity contribution < 1.29 is 24.9 Å². The van der Waals surface area contributed by atoms with Crippen molar-refractivity contribution in [3.8, 4) is 12.3 Å². The Hall–Kier alpha value is -1.61. The fraction of sp³-hybridized carbons (Fsp3) is 0.696. The largest absolute Gasteiger partial charge is 0.469 e. The zero-order chi connectivity index (χ0) is 21.0. The maximum Gasteiger partial charge on any atom is 0.305 e. The van der Waals surface area contributed by atoms with Gasteiger partial charge in [0.15, 0.2) is 0 Å². The highest BCUT2D eigenvalue weighted by molar-refractivity contribution is 5.69. The lowest BCUT2D eigenvalue weighted by atomic mass is 9.88. The van der Waals surface area contributed by atoms with Crippen LogP contribution in [0.2, 0.25) is 0 Å². The maximum atomic E-state index is 11.1. The lowest BCUT2D eigenvalue weighted by Crippen LogP contribution is -2.25. The molecule has 0 amide bonds. The van der Waals surface area contributed by atoms with Gasteiger partial charge in [-0.3, -0.25) is 4.79 Å². The average Bonchev–Trinajstić information content (AvgIpc) is 2.95. The van der Waals surface area contributed by atoms with Crippen LogP contribution in [0.3, 0.4) is 0 Å². The second-order valence-corrected chi connectivity index (χ2v) is 7.70. The van der Waals surface area contributed by atoms with Gasteiger partial charge in [-0.15, -0.1) is 6.42 Å². The van der Waals surface area contributed by atoms with Crippen LogP contribution in [0.4, 0.5) is 0 Å². The Morgan fingerprint density at radius 1 is 1.25 bits per heavy atom. The molecule has 0 spiro atoms. The Morgan fingerprint density at radius 3 is 2.64 bits per heavy atom. The van der Waals surface area contributed by atoms with Crippen molar-refractivity contribution in [1.82, 2.24) is 0 Å². The fourth-order valence-electron chi connectivity index (χ4n) is 3.67. The molecule has 28 heavy (non-hydrogen) atoms. The fourth-order valence-corrected chi connectivity index (χ4v) is 3.67. The summed E-state index contributed by atoms with van der Waals surface area (Å²) in [6, 6.07) is 0. The number of carbonyl (C=O) groups excluding carboxylic acids is 1. The second-order valence-electron chi connectivity index (χ2n) is 7.70. The van der Waals surface area contributed by atoms with Crippen molar-refractivity contribution in [2.75, 3.05) is 7.11 Å². The Labute approximate surface area is 169 Å². The van der Waals surface area contributed by atoms with Gasteiger partial charge in [-0.05, 0) is 38.0 Å². The molecule has 0 aromatic rings. The van der Waals surface area contributed by atoms with Crippen LogP contribution in [0, 0.1) is 24.2 Å². The van der Waals surface area contributed by atoms with Gasteiger partial charge in [-0.25, -0.2) is 0 Å². The highest BCUT2D eigenvalue weighted by Gasteiger charge is 2.39. The Bertz CT molecular complexity index is 562. The molecular weight excluding hydrogens is 356 g/mol. The summed E-state index contributed by atoms with van der Waals surface area (Å²) in [4.78, 5) is 11.1. The van der Waals surface area contributed by atoms with E-state index in [0.29, 0.717) is 32.1 Å². The van der Waals surface area contributed by atoms with Crippen molar-refractivity contribution in [3.63, 3.8) is 0 Å². The summed E-state index contributed by atoms with van der Waals surface area (Å²) in [5, 5.41) is 31.0. The van der Waals surface area contributed by atoms with E-state index in [1.165, 1.54) is 7.11 Å². The predicted octanol–water partition coefficient (Wildman–Crippen LogP) is 3.13. The van der Waals surface area contributed by atoms with Crippen molar-refractivity contribution in [2.45, 2.75) is 82.5 Å². The number of aliphatic hydroxyl groups excluding tert-OH is 2. The number of hydrogen-bond acceptors (Lipinski definition) is 5. The third kappa shape index (κ3) is 8.18. The summed E-state index contributed by atoms with van der Waals surface area (Å²) < 4.78 is 4.61. The van der Waals surface area contributed by atoms with Crippen LogP contribution < -0.4 is 0 Å². The van der Waals surface area contributed by atoms with Crippen molar-refractivity contribution in [3.05, 3.63) is 24.3 Å². The zero-order valence-corrected chi connectivity index (χ0v) is 17.2. The molecule has 0 saturated heterocycles. The third-order valence-electron chi connectivity index (χ3n) is 5.50. The van der Waals surface area contributed by atoms with Crippen molar-refractivity contribution in [2.24, 2.45) is 11.8 Å². The normalized spacial score (nSPS) is 27.1. The zero-order valence-electron chi connectivity index (χ0n) is 17.2. The minimum absolute atomic E-state index is 0.0716. The molecule has 5 heteroatoms. The van der Waals surface area contributed by atoms with Crippen molar-refractivity contribution in [1.29, 1.82) is 0 Å². The minimum atomic E-state index is -1.15. The van der Waals surface area contributed by atoms with Crippen LogP contribution >= 0.6 is 0 Å². The molecule has 0 aromatic heterocycles. The van der Waals surface area contributed by atoms with Crippen LogP contribution in [0.5, 0.6) is 0 Å². The first-order valence-corrected chi connectivity index (χ1v) is 10.3. The molecule has 1 aliphatic rings. The molecule has 0 aromatic carbocycles. The first-order chi connectivity index (χ1) is 13.4. The molecule has 158 valence electrons. The number of terminal acetylenes is 1. The third-order valence-corrected chi connectivity index (χ3v) is 5.50. The molecule has 1 aliphatic carbocycles. The lowest BCUT2D eigenvalue weighted by molar-refractivity contribution is -0.140. The number of allylic oxidation sites excluding steroid dienone is 2. The Morgan fingerprint density at radius 2 is 2.00 bits per heavy atom. The van der Waals surface area contributed by atoms with Crippen molar-refractivity contribution >= 4 is 5.97 Å². The van der Waals surface area contributed by atoms with Crippen LogP contribution in [-0.4, -0.2) is 46.2 Å². The molecule has 1 rings (SSSR count). The van der Waals surface area contributed by atoms with E-state index in [-0.39, 0.29) is 17.8 Å². The number of unbranched alkanes of at least 4 members (excludes halogenated alkanes) is 2. The van der Waals surface area contributed by atoms with Crippen LogP contribution in [0.25, 0.3) is 0 Å². The average molecular weight is 393 g/mol. The summed E-state index contributed by atoms with van der Waals surface area (Å²) in [6.07, 6.45) is 17.7. The van der Waals surface area contributed by atoms with Gasteiger partial charge >= 0.3 is 5.97 Å². The highest BCUT2D eigenvalue weighted by Crippen LogP contribution is 2.36. The van der Waals surface area contributed by atoms with Gasteiger partial charge in [0.2, 0.25) is 0 Å². The van der Waals surface area contributed by atoms with E-state index in [1.54, 1.807) is 0 Å². The predicted molar refractivity (Wildman–Crippen MR) is 110 cm³/mol. The summed E-state index contributed by atoms with van der Waals surface area (Å²) in [5.74, 6) is 2.04.